The second-order valence-electron chi connectivity index (χ2n) is 5.76. The van der Waals surface area contributed by atoms with Crippen LogP contribution in [0.25, 0.3) is 0 Å². The average molecular weight is 219 g/mol. The topological polar surface area (TPSA) is 46.2 Å². The largest absolute Gasteiger partial charge is 0.507 e. The zero-order valence-electron chi connectivity index (χ0n) is 10.6. The molecule has 1 aliphatic carbocycles. The van der Waals surface area contributed by atoms with Gasteiger partial charge in [0.05, 0.1) is 0 Å². The molecule has 1 saturated carbocycles. The molecule has 3 N–H and O–H groups in total. The predicted octanol–water partition coefficient (Wildman–Crippen LogP) is 2.78. The predicted molar refractivity (Wildman–Crippen MR) is 66.8 cm³/mol. The molecule has 2 heteroatoms. The highest BCUT2D eigenvalue weighted by Crippen LogP contribution is 2.55. The molecule has 0 amide bonds. The molecule has 1 aromatic rings. The molecule has 1 aromatic carbocycles. The van der Waals surface area contributed by atoms with Crippen LogP contribution in [-0.4, -0.2) is 10.6 Å². The van der Waals surface area contributed by atoms with Crippen molar-refractivity contribution in [2.24, 2.45) is 5.73 Å². The third-order valence-corrected chi connectivity index (χ3v) is 4.03. The number of phenols is 1. The minimum Gasteiger partial charge on any atom is -0.507 e. The quantitative estimate of drug-likeness (QED) is 0.803. The van der Waals surface area contributed by atoms with Crippen LogP contribution in [0.2, 0.25) is 0 Å². The van der Waals surface area contributed by atoms with E-state index in [0.717, 1.165) is 24.0 Å². The lowest BCUT2D eigenvalue weighted by Gasteiger charge is -2.32. The average Bonchev–Trinajstić information content (AvgIpc) is 2.92. The second kappa shape index (κ2) is 3.24. The number of phenolic OH excluding ortho intramolecular Hbond substituents is 1. The third-order valence-electron chi connectivity index (χ3n) is 4.03. The summed E-state index contributed by atoms with van der Waals surface area (Å²) < 4.78 is 0. The number of hydrogen-bond donors (Lipinski definition) is 2. The first-order valence-electron chi connectivity index (χ1n) is 5.87. The zero-order valence-corrected chi connectivity index (χ0v) is 10.6. The van der Waals surface area contributed by atoms with Gasteiger partial charge in [0.15, 0.2) is 0 Å². The van der Waals surface area contributed by atoms with E-state index in [9.17, 15) is 5.11 Å². The van der Waals surface area contributed by atoms with Gasteiger partial charge >= 0.3 is 0 Å². The summed E-state index contributed by atoms with van der Waals surface area (Å²) in [6.45, 7) is 8.09. The van der Waals surface area contributed by atoms with Gasteiger partial charge < -0.3 is 10.8 Å². The molecule has 2 rings (SSSR count). The molecule has 0 aliphatic heterocycles. The van der Waals surface area contributed by atoms with Crippen LogP contribution in [0.3, 0.4) is 0 Å². The van der Waals surface area contributed by atoms with Gasteiger partial charge in [0.25, 0.3) is 0 Å². The van der Waals surface area contributed by atoms with Crippen LogP contribution in [-0.2, 0) is 5.41 Å². The number of aryl methyl sites for hydroxylation is 2. The van der Waals surface area contributed by atoms with Gasteiger partial charge in [0, 0.05) is 11.0 Å². The van der Waals surface area contributed by atoms with Crippen LogP contribution in [0.1, 0.15) is 43.4 Å². The van der Waals surface area contributed by atoms with Crippen LogP contribution < -0.4 is 5.73 Å². The van der Waals surface area contributed by atoms with Crippen molar-refractivity contribution >= 4 is 0 Å². The molecule has 88 valence electrons. The van der Waals surface area contributed by atoms with Crippen LogP contribution in [0.15, 0.2) is 12.1 Å². The van der Waals surface area contributed by atoms with Gasteiger partial charge in [-0.15, -0.1) is 0 Å². The Morgan fingerprint density at radius 2 is 1.62 bits per heavy atom. The number of aromatic hydroxyl groups is 1. The molecule has 0 radical (unpaired) electrons. The van der Waals surface area contributed by atoms with Crippen molar-refractivity contribution in [3.8, 4) is 5.75 Å². The number of benzene rings is 1. The Morgan fingerprint density at radius 3 is 1.94 bits per heavy atom. The van der Waals surface area contributed by atoms with E-state index in [4.69, 9.17) is 5.73 Å². The Hall–Kier alpha value is -1.02. The van der Waals surface area contributed by atoms with E-state index in [1.54, 1.807) is 0 Å². The number of nitrogens with two attached hydrogens (primary N) is 1. The second-order valence-corrected chi connectivity index (χ2v) is 5.76. The van der Waals surface area contributed by atoms with Crippen molar-refractivity contribution < 1.29 is 5.11 Å². The maximum atomic E-state index is 9.79. The molecule has 0 atom stereocenters. The van der Waals surface area contributed by atoms with E-state index in [0.29, 0.717) is 5.75 Å². The number of rotatable bonds is 2. The smallest absolute Gasteiger partial charge is 0.121 e. The fourth-order valence-electron chi connectivity index (χ4n) is 2.66. The minimum absolute atomic E-state index is 0.121. The summed E-state index contributed by atoms with van der Waals surface area (Å²) in [6.07, 6.45) is 2.31. The monoisotopic (exact) mass is 219 g/mol. The molecular weight excluding hydrogens is 198 g/mol. The molecule has 0 aromatic heterocycles. The summed E-state index contributed by atoms with van der Waals surface area (Å²) >= 11 is 0. The Bertz CT molecular complexity index is 402. The Kier molecular flexibility index (Phi) is 2.32. The minimum atomic E-state index is -0.192. The Balaban J connectivity index is 2.51. The standard InChI is InChI=1S/C14H21NO/c1-9-7-11(8-10(2)12(9)16)14(5-6-14)13(3,4)15/h7-8,16H,5-6,15H2,1-4H3. The highest BCUT2D eigenvalue weighted by Gasteiger charge is 2.53. The van der Waals surface area contributed by atoms with Gasteiger partial charge in [0.2, 0.25) is 0 Å². The summed E-state index contributed by atoms with van der Waals surface area (Å²) in [5.74, 6) is 0.411. The van der Waals surface area contributed by atoms with Gasteiger partial charge in [-0.1, -0.05) is 12.1 Å². The molecule has 2 nitrogen and oxygen atoms in total. The highest BCUT2D eigenvalue weighted by molar-refractivity contribution is 5.47. The van der Waals surface area contributed by atoms with Crippen molar-refractivity contribution in [3.05, 3.63) is 28.8 Å². The lowest BCUT2D eigenvalue weighted by Crippen LogP contribution is -2.45. The molecular formula is C14H21NO. The van der Waals surface area contributed by atoms with E-state index < -0.39 is 0 Å². The van der Waals surface area contributed by atoms with E-state index in [2.05, 4.69) is 26.0 Å². The fourth-order valence-corrected chi connectivity index (χ4v) is 2.66. The lowest BCUT2D eigenvalue weighted by molar-refractivity contribution is 0.390. The van der Waals surface area contributed by atoms with E-state index in [1.807, 2.05) is 13.8 Å². The van der Waals surface area contributed by atoms with E-state index in [1.165, 1.54) is 5.56 Å². The Labute approximate surface area is 97.5 Å². The molecule has 0 heterocycles. The van der Waals surface area contributed by atoms with Gasteiger partial charge in [-0.05, 0) is 57.2 Å². The fraction of sp³-hybridized carbons (Fsp3) is 0.571. The molecule has 0 spiro atoms. The highest BCUT2D eigenvalue weighted by atomic mass is 16.3. The molecule has 0 saturated heterocycles. The third kappa shape index (κ3) is 1.52. The van der Waals surface area contributed by atoms with Crippen molar-refractivity contribution in [1.82, 2.24) is 0 Å². The van der Waals surface area contributed by atoms with Crippen LogP contribution >= 0.6 is 0 Å². The van der Waals surface area contributed by atoms with Gasteiger partial charge in [-0.25, -0.2) is 0 Å². The summed E-state index contributed by atoms with van der Waals surface area (Å²) in [6, 6.07) is 4.17. The van der Waals surface area contributed by atoms with Gasteiger partial charge in [-0.2, -0.15) is 0 Å². The Morgan fingerprint density at radius 1 is 1.19 bits per heavy atom. The van der Waals surface area contributed by atoms with Crippen LogP contribution in [0, 0.1) is 13.8 Å². The maximum absolute atomic E-state index is 9.79. The summed E-state index contributed by atoms with van der Waals surface area (Å²) in [4.78, 5) is 0. The zero-order chi connectivity index (χ0) is 12.1. The van der Waals surface area contributed by atoms with Crippen molar-refractivity contribution in [3.63, 3.8) is 0 Å². The van der Waals surface area contributed by atoms with E-state index >= 15 is 0 Å². The first kappa shape index (κ1) is 11.5. The molecule has 16 heavy (non-hydrogen) atoms. The van der Waals surface area contributed by atoms with E-state index in [-0.39, 0.29) is 11.0 Å². The first-order valence-corrected chi connectivity index (χ1v) is 5.87. The summed E-state index contributed by atoms with van der Waals surface area (Å²) in [5.41, 5.74) is 9.40. The van der Waals surface area contributed by atoms with Crippen molar-refractivity contribution in [1.29, 1.82) is 0 Å². The van der Waals surface area contributed by atoms with Gasteiger partial charge in [0.1, 0.15) is 5.75 Å². The molecule has 1 aliphatic rings. The maximum Gasteiger partial charge on any atom is 0.121 e. The summed E-state index contributed by atoms with van der Waals surface area (Å²) in [7, 11) is 0. The van der Waals surface area contributed by atoms with Crippen LogP contribution in [0.4, 0.5) is 0 Å². The SMILES string of the molecule is Cc1cc(C2(C(C)(C)N)CC2)cc(C)c1O. The summed E-state index contributed by atoms with van der Waals surface area (Å²) in [5, 5.41) is 9.79. The lowest BCUT2D eigenvalue weighted by atomic mass is 9.78. The van der Waals surface area contributed by atoms with Crippen LogP contribution in [0.5, 0.6) is 5.75 Å². The van der Waals surface area contributed by atoms with Crippen molar-refractivity contribution in [2.75, 3.05) is 0 Å². The molecule has 1 fully saturated rings. The normalized spacial score (nSPS) is 18.6. The molecule has 0 unspecified atom stereocenters. The van der Waals surface area contributed by atoms with Crippen molar-refractivity contribution in [2.45, 2.75) is 51.5 Å². The molecule has 0 bridgehead atoms. The number of hydrogen-bond acceptors (Lipinski definition) is 2. The van der Waals surface area contributed by atoms with Gasteiger partial charge in [-0.3, -0.25) is 0 Å². The first-order chi connectivity index (χ1) is 7.28.